The fraction of sp³-hybridized carbons (Fsp3) is 0.571. The summed E-state index contributed by atoms with van der Waals surface area (Å²) in [6.07, 6.45) is 0.741. The third kappa shape index (κ3) is 2.83. The van der Waals surface area contributed by atoms with Crippen molar-refractivity contribution < 1.29 is 5.11 Å². The quantitative estimate of drug-likeness (QED) is 0.800. The zero-order chi connectivity index (χ0) is 12.2. The second kappa shape index (κ2) is 5.46. The van der Waals surface area contributed by atoms with Gasteiger partial charge in [-0.05, 0) is 44.9 Å². The first-order chi connectivity index (χ1) is 7.53. The van der Waals surface area contributed by atoms with Gasteiger partial charge in [0.2, 0.25) is 0 Å². The Hall–Kier alpha value is -0.860. The molecule has 0 heterocycles. The van der Waals surface area contributed by atoms with Gasteiger partial charge in [0.25, 0.3) is 0 Å². The monoisotopic (exact) mass is 221 g/mol. The molecule has 0 spiro atoms. The largest absolute Gasteiger partial charge is 0.396 e. The van der Waals surface area contributed by atoms with Crippen molar-refractivity contribution in [2.45, 2.75) is 39.7 Å². The van der Waals surface area contributed by atoms with E-state index in [1.165, 1.54) is 16.7 Å². The van der Waals surface area contributed by atoms with Crippen LogP contribution in [0.3, 0.4) is 0 Å². The second-order valence-corrected chi connectivity index (χ2v) is 4.65. The highest BCUT2D eigenvalue weighted by Crippen LogP contribution is 2.27. The van der Waals surface area contributed by atoms with E-state index in [0.29, 0.717) is 0 Å². The first-order valence-corrected chi connectivity index (χ1v) is 5.97. The van der Waals surface area contributed by atoms with Gasteiger partial charge in [-0.2, -0.15) is 0 Å². The number of aryl methyl sites for hydroxylation is 2. The van der Waals surface area contributed by atoms with E-state index in [1.54, 1.807) is 0 Å². The number of aliphatic hydroxyl groups is 1. The van der Waals surface area contributed by atoms with E-state index >= 15 is 0 Å². The molecule has 0 radical (unpaired) electrons. The molecule has 0 saturated heterocycles. The number of benzene rings is 1. The SMILES string of the molecule is CCNC(C)(CCO)c1ccc(C)cc1C. The van der Waals surface area contributed by atoms with Gasteiger partial charge in [0.1, 0.15) is 0 Å². The molecule has 0 saturated carbocycles. The van der Waals surface area contributed by atoms with Crippen molar-refractivity contribution in [3.05, 3.63) is 34.9 Å². The van der Waals surface area contributed by atoms with Crippen LogP contribution in [0.15, 0.2) is 18.2 Å². The van der Waals surface area contributed by atoms with Crippen LogP contribution >= 0.6 is 0 Å². The fourth-order valence-corrected chi connectivity index (χ4v) is 2.36. The van der Waals surface area contributed by atoms with E-state index in [4.69, 9.17) is 0 Å². The van der Waals surface area contributed by atoms with E-state index < -0.39 is 0 Å². The summed E-state index contributed by atoms with van der Waals surface area (Å²) in [6.45, 7) is 9.60. The Morgan fingerprint density at radius 1 is 1.31 bits per heavy atom. The molecule has 0 aliphatic carbocycles. The summed E-state index contributed by atoms with van der Waals surface area (Å²) in [6, 6.07) is 6.50. The molecule has 1 rings (SSSR count). The molecule has 2 heteroatoms. The molecule has 0 aliphatic rings. The maximum absolute atomic E-state index is 9.20. The minimum absolute atomic E-state index is 0.124. The summed E-state index contributed by atoms with van der Waals surface area (Å²) in [5.41, 5.74) is 3.73. The molecule has 1 aromatic carbocycles. The van der Waals surface area contributed by atoms with E-state index in [1.807, 2.05) is 0 Å². The van der Waals surface area contributed by atoms with E-state index in [-0.39, 0.29) is 12.1 Å². The van der Waals surface area contributed by atoms with Crippen molar-refractivity contribution in [2.24, 2.45) is 0 Å². The zero-order valence-electron chi connectivity index (χ0n) is 10.8. The molecule has 0 amide bonds. The molecular weight excluding hydrogens is 198 g/mol. The lowest BCUT2D eigenvalue weighted by atomic mass is 9.85. The average Bonchev–Trinajstić information content (AvgIpc) is 2.17. The smallest absolute Gasteiger partial charge is 0.0451 e. The van der Waals surface area contributed by atoms with Gasteiger partial charge in [-0.1, -0.05) is 30.7 Å². The molecule has 1 atom stereocenters. The van der Waals surface area contributed by atoms with Crippen molar-refractivity contribution in [3.63, 3.8) is 0 Å². The Bertz CT molecular complexity index is 341. The van der Waals surface area contributed by atoms with Gasteiger partial charge in [-0.15, -0.1) is 0 Å². The summed E-state index contributed by atoms with van der Waals surface area (Å²) in [5, 5.41) is 12.7. The van der Waals surface area contributed by atoms with Gasteiger partial charge in [-0.25, -0.2) is 0 Å². The number of hydrogen-bond donors (Lipinski definition) is 2. The Kier molecular flexibility index (Phi) is 4.51. The fourth-order valence-electron chi connectivity index (χ4n) is 2.36. The third-order valence-electron chi connectivity index (χ3n) is 3.16. The third-order valence-corrected chi connectivity index (χ3v) is 3.16. The van der Waals surface area contributed by atoms with Crippen LogP contribution in [-0.4, -0.2) is 18.3 Å². The Morgan fingerprint density at radius 3 is 2.50 bits per heavy atom. The van der Waals surface area contributed by atoms with Gasteiger partial charge in [0, 0.05) is 12.1 Å². The Morgan fingerprint density at radius 2 is 2.00 bits per heavy atom. The first kappa shape index (κ1) is 13.2. The lowest BCUT2D eigenvalue weighted by Crippen LogP contribution is -2.40. The lowest BCUT2D eigenvalue weighted by Gasteiger charge is -2.32. The van der Waals surface area contributed by atoms with Gasteiger partial charge < -0.3 is 10.4 Å². The highest BCUT2D eigenvalue weighted by atomic mass is 16.3. The minimum atomic E-state index is -0.124. The molecule has 90 valence electrons. The number of aliphatic hydroxyl groups excluding tert-OH is 1. The summed E-state index contributed by atoms with van der Waals surface area (Å²) in [5.74, 6) is 0. The van der Waals surface area contributed by atoms with E-state index in [9.17, 15) is 5.11 Å². The summed E-state index contributed by atoms with van der Waals surface area (Å²) < 4.78 is 0. The molecule has 0 aliphatic heterocycles. The van der Waals surface area contributed by atoms with E-state index in [0.717, 1.165) is 13.0 Å². The molecule has 0 bridgehead atoms. The van der Waals surface area contributed by atoms with Crippen molar-refractivity contribution in [2.75, 3.05) is 13.2 Å². The maximum Gasteiger partial charge on any atom is 0.0451 e. The topological polar surface area (TPSA) is 32.3 Å². The predicted octanol–water partition coefficient (Wildman–Crippen LogP) is 2.51. The molecule has 2 N–H and O–H groups in total. The van der Waals surface area contributed by atoms with Crippen molar-refractivity contribution >= 4 is 0 Å². The van der Waals surface area contributed by atoms with Crippen molar-refractivity contribution in [1.29, 1.82) is 0 Å². The van der Waals surface area contributed by atoms with E-state index in [2.05, 4.69) is 51.2 Å². The Balaban J connectivity index is 3.10. The van der Waals surface area contributed by atoms with Crippen molar-refractivity contribution in [3.8, 4) is 0 Å². The van der Waals surface area contributed by atoms with Gasteiger partial charge >= 0.3 is 0 Å². The zero-order valence-corrected chi connectivity index (χ0v) is 10.8. The highest BCUT2D eigenvalue weighted by molar-refractivity contribution is 5.35. The lowest BCUT2D eigenvalue weighted by molar-refractivity contribution is 0.222. The van der Waals surface area contributed by atoms with Crippen LogP contribution in [0.4, 0.5) is 0 Å². The summed E-state index contributed by atoms with van der Waals surface area (Å²) in [7, 11) is 0. The molecule has 1 unspecified atom stereocenters. The summed E-state index contributed by atoms with van der Waals surface area (Å²) in [4.78, 5) is 0. The van der Waals surface area contributed by atoms with Gasteiger partial charge in [0.15, 0.2) is 0 Å². The van der Waals surface area contributed by atoms with Crippen LogP contribution in [0.2, 0.25) is 0 Å². The van der Waals surface area contributed by atoms with Crippen LogP contribution in [0.25, 0.3) is 0 Å². The normalized spacial score (nSPS) is 14.8. The minimum Gasteiger partial charge on any atom is -0.396 e. The standard InChI is InChI=1S/C14H23NO/c1-5-15-14(4,8-9-16)13-7-6-11(2)10-12(13)3/h6-7,10,15-16H,5,8-9H2,1-4H3. The summed E-state index contributed by atoms with van der Waals surface area (Å²) >= 11 is 0. The molecule has 0 aromatic heterocycles. The number of rotatable bonds is 5. The molecule has 16 heavy (non-hydrogen) atoms. The Labute approximate surface area is 98.7 Å². The predicted molar refractivity (Wildman–Crippen MR) is 68.6 cm³/mol. The van der Waals surface area contributed by atoms with Crippen LogP contribution in [0, 0.1) is 13.8 Å². The second-order valence-electron chi connectivity index (χ2n) is 4.65. The van der Waals surface area contributed by atoms with Crippen LogP contribution < -0.4 is 5.32 Å². The highest BCUT2D eigenvalue weighted by Gasteiger charge is 2.26. The molecular formula is C14H23NO. The molecule has 2 nitrogen and oxygen atoms in total. The van der Waals surface area contributed by atoms with Crippen LogP contribution in [-0.2, 0) is 5.54 Å². The maximum atomic E-state index is 9.20. The first-order valence-electron chi connectivity index (χ1n) is 5.97. The van der Waals surface area contributed by atoms with Crippen LogP contribution in [0.5, 0.6) is 0 Å². The van der Waals surface area contributed by atoms with Crippen molar-refractivity contribution in [1.82, 2.24) is 5.32 Å². The van der Waals surface area contributed by atoms with Gasteiger partial charge in [-0.3, -0.25) is 0 Å². The van der Waals surface area contributed by atoms with Gasteiger partial charge in [0.05, 0.1) is 0 Å². The molecule has 1 aromatic rings. The number of nitrogens with one attached hydrogen (secondary N) is 1. The number of hydrogen-bond acceptors (Lipinski definition) is 2. The average molecular weight is 221 g/mol. The van der Waals surface area contributed by atoms with Crippen LogP contribution in [0.1, 0.15) is 37.0 Å². The molecule has 0 fully saturated rings.